The van der Waals surface area contributed by atoms with Gasteiger partial charge in [0.25, 0.3) is 6.43 Å². The molecule has 0 aliphatic heterocycles. The summed E-state index contributed by atoms with van der Waals surface area (Å²) in [6.07, 6.45) is -2.97. The van der Waals surface area contributed by atoms with Gasteiger partial charge in [-0.1, -0.05) is 0 Å². The number of pyridine rings is 1. The molecular weight excluding hydrogens is 240 g/mol. The summed E-state index contributed by atoms with van der Waals surface area (Å²) in [7, 11) is 0. The predicted molar refractivity (Wildman–Crippen MR) is 51.6 cm³/mol. The normalized spacial score (nSPS) is 10.5. The Labute approximate surface area is 93.0 Å². The number of anilines is 1. The van der Waals surface area contributed by atoms with Crippen molar-refractivity contribution < 1.29 is 23.6 Å². The molecule has 1 heterocycles. The van der Waals surface area contributed by atoms with E-state index < -0.39 is 40.8 Å². The fourth-order valence-corrected chi connectivity index (χ4v) is 1.22. The number of aromatic nitrogens is 1. The molecule has 1 aromatic heterocycles. The van der Waals surface area contributed by atoms with E-state index in [9.17, 15) is 23.7 Å². The van der Waals surface area contributed by atoms with Crippen LogP contribution < -0.4 is 5.73 Å². The van der Waals surface area contributed by atoms with Crippen molar-refractivity contribution in [1.29, 1.82) is 0 Å². The van der Waals surface area contributed by atoms with E-state index in [0.717, 1.165) is 6.20 Å². The molecule has 92 valence electrons. The van der Waals surface area contributed by atoms with Crippen LogP contribution in [0.25, 0.3) is 0 Å². The zero-order valence-electron chi connectivity index (χ0n) is 8.26. The molecule has 3 N–H and O–H groups in total. The molecule has 0 aliphatic rings. The van der Waals surface area contributed by atoms with Gasteiger partial charge in [0.2, 0.25) is 0 Å². The second-order valence-corrected chi connectivity index (χ2v) is 3.06. The average Bonchev–Trinajstić information content (AvgIpc) is 2.19. The SMILES string of the molecule is Nc1c(CC(=O)O)cnc(C(F)F)c1[N+](=O)[O-]. The lowest BCUT2D eigenvalue weighted by atomic mass is 10.1. The summed E-state index contributed by atoms with van der Waals surface area (Å²) in [5.41, 5.74) is 2.41. The summed E-state index contributed by atoms with van der Waals surface area (Å²) in [5, 5.41) is 19.1. The molecule has 0 saturated carbocycles. The largest absolute Gasteiger partial charge is 0.481 e. The van der Waals surface area contributed by atoms with Crippen molar-refractivity contribution in [2.75, 3.05) is 5.73 Å². The first-order valence-electron chi connectivity index (χ1n) is 4.26. The molecule has 1 aromatic rings. The third kappa shape index (κ3) is 2.62. The summed E-state index contributed by atoms with van der Waals surface area (Å²) in [5.74, 6) is -1.29. The van der Waals surface area contributed by atoms with Crippen LogP contribution in [0.1, 0.15) is 17.7 Å². The molecule has 0 bridgehead atoms. The Kier molecular flexibility index (Phi) is 3.51. The van der Waals surface area contributed by atoms with Gasteiger partial charge in [0.15, 0.2) is 5.69 Å². The minimum Gasteiger partial charge on any atom is -0.481 e. The van der Waals surface area contributed by atoms with Crippen molar-refractivity contribution >= 4 is 17.3 Å². The average molecular weight is 247 g/mol. The van der Waals surface area contributed by atoms with Crippen molar-refractivity contribution in [3.8, 4) is 0 Å². The lowest BCUT2D eigenvalue weighted by Crippen LogP contribution is -2.10. The molecule has 0 aromatic carbocycles. The van der Waals surface area contributed by atoms with Crippen LogP contribution in [0.3, 0.4) is 0 Å². The molecule has 17 heavy (non-hydrogen) atoms. The molecule has 0 radical (unpaired) electrons. The highest BCUT2D eigenvalue weighted by Crippen LogP contribution is 2.33. The number of carbonyl (C=O) groups is 1. The van der Waals surface area contributed by atoms with E-state index >= 15 is 0 Å². The zero-order valence-corrected chi connectivity index (χ0v) is 8.26. The number of nitro groups is 1. The highest BCUT2D eigenvalue weighted by Gasteiger charge is 2.28. The predicted octanol–water partition coefficient (Wildman–Crippen LogP) is 1.14. The molecule has 1 rings (SSSR count). The van der Waals surface area contributed by atoms with Crippen molar-refractivity contribution in [3.63, 3.8) is 0 Å². The number of hydrogen-bond donors (Lipinski definition) is 2. The van der Waals surface area contributed by atoms with Gasteiger partial charge in [-0.25, -0.2) is 13.8 Å². The zero-order chi connectivity index (χ0) is 13.2. The van der Waals surface area contributed by atoms with Crippen molar-refractivity contribution in [1.82, 2.24) is 4.98 Å². The van der Waals surface area contributed by atoms with Crippen LogP contribution in [0.5, 0.6) is 0 Å². The maximum atomic E-state index is 12.4. The Bertz CT molecular complexity index is 478. The number of nitrogens with two attached hydrogens (primary N) is 1. The van der Waals surface area contributed by atoms with E-state index in [1.165, 1.54) is 0 Å². The number of nitrogens with zero attached hydrogens (tertiary/aromatic N) is 2. The molecule has 0 spiro atoms. The van der Waals surface area contributed by atoms with E-state index in [1.54, 1.807) is 0 Å². The van der Waals surface area contributed by atoms with E-state index in [4.69, 9.17) is 10.8 Å². The molecule has 0 saturated heterocycles. The van der Waals surface area contributed by atoms with E-state index in [0.29, 0.717) is 0 Å². The van der Waals surface area contributed by atoms with E-state index in [1.807, 2.05) is 0 Å². The molecule has 0 unspecified atom stereocenters. The first kappa shape index (κ1) is 12.7. The minimum absolute atomic E-state index is 0.173. The molecular formula is C8H7F2N3O4. The third-order valence-corrected chi connectivity index (χ3v) is 1.93. The monoisotopic (exact) mass is 247 g/mol. The Morgan fingerprint density at radius 1 is 1.65 bits per heavy atom. The molecule has 0 amide bonds. The third-order valence-electron chi connectivity index (χ3n) is 1.93. The number of nitrogen functional groups attached to an aromatic ring is 1. The number of rotatable bonds is 4. The smallest absolute Gasteiger partial charge is 0.319 e. The summed E-state index contributed by atoms with van der Waals surface area (Å²) in [6.45, 7) is 0. The van der Waals surface area contributed by atoms with E-state index in [-0.39, 0.29) is 5.56 Å². The Hall–Kier alpha value is -2.32. The fraction of sp³-hybridized carbons (Fsp3) is 0.250. The number of carboxylic acids is 1. The second kappa shape index (κ2) is 4.68. The Morgan fingerprint density at radius 3 is 2.65 bits per heavy atom. The van der Waals surface area contributed by atoms with Gasteiger partial charge in [-0.3, -0.25) is 14.9 Å². The standard InChI is InChI=1S/C8H7F2N3O4/c9-8(10)6-7(13(16)17)5(11)3(2-12-6)1-4(14)15/h2,8H,1H2,(H2,11,12)(H,14,15). The molecule has 0 fully saturated rings. The van der Waals surface area contributed by atoms with Crippen LogP contribution in [-0.4, -0.2) is 21.0 Å². The first-order chi connectivity index (χ1) is 7.84. The van der Waals surface area contributed by atoms with Gasteiger partial charge in [-0.2, -0.15) is 0 Å². The topological polar surface area (TPSA) is 119 Å². The van der Waals surface area contributed by atoms with Crippen LogP contribution in [0.4, 0.5) is 20.2 Å². The Morgan fingerprint density at radius 2 is 2.24 bits per heavy atom. The molecule has 7 nitrogen and oxygen atoms in total. The second-order valence-electron chi connectivity index (χ2n) is 3.06. The highest BCUT2D eigenvalue weighted by atomic mass is 19.3. The Balaban J connectivity index is 3.38. The van der Waals surface area contributed by atoms with Gasteiger partial charge in [0, 0.05) is 11.8 Å². The van der Waals surface area contributed by atoms with Gasteiger partial charge in [-0.05, 0) is 0 Å². The highest BCUT2D eigenvalue weighted by molar-refractivity contribution is 5.75. The number of hydrogen-bond acceptors (Lipinski definition) is 5. The summed E-state index contributed by atoms with van der Waals surface area (Å²) in [4.78, 5) is 23.1. The number of halogens is 2. The molecule has 0 atom stereocenters. The van der Waals surface area contributed by atoms with Crippen LogP contribution >= 0.6 is 0 Å². The van der Waals surface area contributed by atoms with Gasteiger partial charge in [0.05, 0.1) is 11.3 Å². The molecule has 0 aliphatic carbocycles. The van der Waals surface area contributed by atoms with Gasteiger partial charge in [-0.15, -0.1) is 0 Å². The minimum atomic E-state index is -3.16. The number of alkyl halides is 2. The van der Waals surface area contributed by atoms with Crippen LogP contribution in [0.2, 0.25) is 0 Å². The number of aliphatic carboxylic acids is 1. The van der Waals surface area contributed by atoms with Crippen LogP contribution in [0, 0.1) is 10.1 Å². The first-order valence-corrected chi connectivity index (χ1v) is 4.26. The van der Waals surface area contributed by atoms with Crippen molar-refractivity contribution in [2.24, 2.45) is 0 Å². The van der Waals surface area contributed by atoms with Gasteiger partial charge in [0.1, 0.15) is 5.69 Å². The van der Waals surface area contributed by atoms with Crippen LogP contribution in [-0.2, 0) is 11.2 Å². The van der Waals surface area contributed by atoms with Crippen molar-refractivity contribution in [3.05, 3.63) is 27.6 Å². The van der Waals surface area contributed by atoms with Crippen LogP contribution in [0.15, 0.2) is 6.20 Å². The summed E-state index contributed by atoms with van der Waals surface area (Å²) in [6, 6.07) is 0. The summed E-state index contributed by atoms with van der Waals surface area (Å²) >= 11 is 0. The maximum Gasteiger partial charge on any atom is 0.319 e. The van der Waals surface area contributed by atoms with Gasteiger partial charge < -0.3 is 10.8 Å². The lowest BCUT2D eigenvalue weighted by Gasteiger charge is -2.07. The quantitative estimate of drug-likeness (QED) is 0.608. The fourth-order valence-electron chi connectivity index (χ4n) is 1.22. The maximum absolute atomic E-state index is 12.4. The van der Waals surface area contributed by atoms with Crippen molar-refractivity contribution in [2.45, 2.75) is 12.8 Å². The summed E-state index contributed by atoms with van der Waals surface area (Å²) < 4.78 is 24.8. The molecule has 9 heteroatoms. The lowest BCUT2D eigenvalue weighted by molar-refractivity contribution is -0.385. The number of carboxylic acid groups (broad SMARTS) is 1. The van der Waals surface area contributed by atoms with Gasteiger partial charge >= 0.3 is 11.7 Å². The van der Waals surface area contributed by atoms with E-state index in [2.05, 4.69) is 4.98 Å².